The average molecular weight is 659 g/mol. The third-order valence-electron chi connectivity index (χ3n) is 10.1. The van der Waals surface area contributed by atoms with Crippen LogP contribution in [0.2, 0.25) is 0 Å². The van der Waals surface area contributed by atoms with Crippen molar-refractivity contribution in [3.63, 3.8) is 0 Å². The van der Waals surface area contributed by atoms with Gasteiger partial charge in [0.15, 0.2) is 6.21 Å². The lowest BCUT2D eigenvalue weighted by molar-refractivity contribution is 1.10. The van der Waals surface area contributed by atoms with E-state index in [1.165, 1.54) is 54.5 Å². The van der Waals surface area contributed by atoms with E-state index < -0.39 is 0 Å². The Balaban J connectivity index is 1.39. The molecule has 1 aromatic heterocycles. The number of rotatable bonds is 8. The molecule has 0 saturated carbocycles. The summed E-state index contributed by atoms with van der Waals surface area (Å²) >= 11 is 0. The van der Waals surface area contributed by atoms with Gasteiger partial charge in [0.2, 0.25) is 11.4 Å². The van der Waals surface area contributed by atoms with E-state index in [0.717, 1.165) is 34.1 Å². The van der Waals surface area contributed by atoms with Crippen LogP contribution in [0.1, 0.15) is 25.0 Å². The molecule has 0 atom stereocenters. The minimum Gasteiger partial charge on any atom is -0.311 e. The number of nitrogens with zero attached hydrogens (tertiary/aromatic N) is 3. The zero-order valence-corrected chi connectivity index (χ0v) is 29.3. The van der Waals surface area contributed by atoms with Crippen molar-refractivity contribution in [3.05, 3.63) is 187 Å². The van der Waals surface area contributed by atoms with Crippen molar-refractivity contribution in [1.29, 1.82) is 0 Å². The fourth-order valence-electron chi connectivity index (χ4n) is 7.83. The average Bonchev–Trinajstić information content (AvgIpc) is 3.52. The zero-order valence-electron chi connectivity index (χ0n) is 29.3. The van der Waals surface area contributed by atoms with Crippen molar-refractivity contribution in [2.24, 2.45) is 0 Å². The molecule has 2 heterocycles. The van der Waals surface area contributed by atoms with E-state index in [1.54, 1.807) is 0 Å². The normalized spacial score (nSPS) is 13.4. The summed E-state index contributed by atoms with van der Waals surface area (Å²) in [6.07, 6.45) is 18.6. The Labute approximate surface area is 299 Å². The van der Waals surface area contributed by atoms with E-state index in [9.17, 15) is 0 Å². The Morgan fingerprint density at radius 3 is 2.00 bits per heavy atom. The van der Waals surface area contributed by atoms with E-state index >= 15 is 0 Å². The van der Waals surface area contributed by atoms with Gasteiger partial charge in [-0.15, -0.1) is 0 Å². The van der Waals surface area contributed by atoms with Crippen LogP contribution in [0.5, 0.6) is 0 Å². The maximum atomic E-state index is 4.11. The first-order valence-electron chi connectivity index (χ1n) is 17.5. The summed E-state index contributed by atoms with van der Waals surface area (Å²) in [5.41, 5.74) is 11.3. The molecule has 0 spiro atoms. The Kier molecular flexibility index (Phi) is 8.17. The Morgan fingerprint density at radius 2 is 1.33 bits per heavy atom. The molecule has 0 radical (unpaired) electrons. The van der Waals surface area contributed by atoms with Gasteiger partial charge in [-0.2, -0.15) is 4.58 Å². The van der Waals surface area contributed by atoms with Gasteiger partial charge in [0, 0.05) is 57.8 Å². The first-order valence-corrected chi connectivity index (χ1v) is 17.5. The summed E-state index contributed by atoms with van der Waals surface area (Å²) in [5, 5.41) is 7.56. The third-order valence-corrected chi connectivity index (χ3v) is 10.1. The summed E-state index contributed by atoms with van der Waals surface area (Å²) < 4.78 is 4.74. The SMILES string of the molecule is C=C/C(=C\C)N(/C(C=C)=C/C=C\C)c1ccc([N+]2=CC=Cc3c(C)c4c2cccc4c2cccc4c2c2c3cccc2n4-c2ccccc2)cc1. The highest BCUT2D eigenvalue weighted by atomic mass is 15.2. The van der Waals surface area contributed by atoms with Gasteiger partial charge in [-0.25, -0.2) is 0 Å². The molecule has 3 heteroatoms. The van der Waals surface area contributed by atoms with Crippen molar-refractivity contribution in [2.45, 2.75) is 20.8 Å². The van der Waals surface area contributed by atoms with Crippen LogP contribution >= 0.6 is 0 Å². The molecular weight excluding hydrogens is 619 g/mol. The number of anilines is 1. The van der Waals surface area contributed by atoms with Gasteiger partial charge in [0.1, 0.15) is 0 Å². The van der Waals surface area contributed by atoms with Crippen molar-refractivity contribution in [3.8, 4) is 5.69 Å². The molecule has 7 aromatic rings. The molecule has 0 amide bonds. The first kappa shape index (κ1) is 31.8. The second-order valence-electron chi connectivity index (χ2n) is 12.8. The molecule has 0 saturated heterocycles. The van der Waals surface area contributed by atoms with Crippen LogP contribution in [0.4, 0.5) is 17.1 Å². The summed E-state index contributed by atoms with van der Waals surface area (Å²) in [6.45, 7) is 14.5. The largest absolute Gasteiger partial charge is 0.311 e. The van der Waals surface area contributed by atoms with Crippen molar-refractivity contribution in [1.82, 2.24) is 9.14 Å². The lowest BCUT2D eigenvalue weighted by atomic mass is 9.91. The van der Waals surface area contributed by atoms with Crippen molar-refractivity contribution >= 4 is 72.7 Å². The van der Waals surface area contributed by atoms with Gasteiger partial charge in [-0.1, -0.05) is 86.0 Å². The third kappa shape index (κ3) is 5.09. The quantitative estimate of drug-likeness (QED) is 0.117. The standard InChI is InChI=1S/C48H40N3/c1-6-10-18-35(9-4)50(34(7-2)8-3)38-30-28-36(29-31-38)49-32-17-24-39-33(5)46-41(22-14-25-43(46)49)42-23-16-27-45-48(42)47-40(39)21-15-26-44(47)51(45)37-19-12-11-13-20-37/h6-32H,2,4H2,1,3,5H3/q+1/b10-6-,24-17?,32-17?,34-8+,35-18+,39-24?,39-33?,40-39?,42-41?,46-33?. The van der Waals surface area contributed by atoms with Gasteiger partial charge >= 0.3 is 0 Å². The molecule has 0 aliphatic carbocycles. The Hall–Kier alpha value is -6.45. The summed E-state index contributed by atoms with van der Waals surface area (Å²) in [6, 6.07) is 39.7. The first-order chi connectivity index (χ1) is 25.1. The van der Waals surface area contributed by atoms with Gasteiger partial charge in [-0.05, 0) is 109 Å². The van der Waals surface area contributed by atoms with Crippen molar-refractivity contribution in [2.75, 3.05) is 4.90 Å². The van der Waals surface area contributed by atoms with Gasteiger partial charge in [0.25, 0.3) is 0 Å². The number of para-hydroxylation sites is 1. The molecule has 0 fully saturated rings. The second-order valence-corrected chi connectivity index (χ2v) is 12.8. The van der Waals surface area contributed by atoms with E-state index in [0.29, 0.717) is 0 Å². The highest BCUT2D eigenvalue weighted by molar-refractivity contribution is 6.29. The van der Waals surface area contributed by atoms with E-state index in [1.807, 2.05) is 38.2 Å². The van der Waals surface area contributed by atoms with Gasteiger partial charge < -0.3 is 9.47 Å². The van der Waals surface area contributed by atoms with Gasteiger partial charge in [-0.3, -0.25) is 0 Å². The number of allylic oxidation sites excluding steroid dienone is 7. The molecule has 0 N–H and O–H groups in total. The summed E-state index contributed by atoms with van der Waals surface area (Å²) in [4.78, 5) is 2.18. The van der Waals surface area contributed by atoms with Crippen LogP contribution in [0, 0.1) is 6.92 Å². The maximum absolute atomic E-state index is 4.11. The Morgan fingerprint density at radius 1 is 0.686 bits per heavy atom. The summed E-state index contributed by atoms with van der Waals surface area (Å²) in [5.74, 6) is 0. The predicted octanol–water partition coefficient (Wildman–Crippen LogP) is 12.9. The molecule has 1 aliphatic rings. The van der Waals surface area contributed by atoms with Crippen molar-refractivity contribution < 1.29 is 0 Å². The maximum Gasteiger partial charge on any atom is 0.219 e. The molecule has 246 valence electrons. The zero-order chi connectivity index (χ0) is 35.1. The predicted molar refractivity (Wildman–Crippen MR) is 223 cm³/mol. The van der Waals surface area contributed by atoms with E-state index in [2.05, 4.69) is 174 Å². The molecule has 3 nitrogen and oxygen atoms in total. The van der Waals surface area contributed by atoms with E-state index in [-0.39, 0.29) is 0 Å². The molecule has 51 heavy (non-hydrogen) atoms. The fraction of sp³-hybridized carbons (Fsp3) is 0.0625. The lowest BCUT2D eigenvalue weighted by Crippen LogP contribution is -2.19. The minimum absolute atomic E-state index is 0.969. The van der Waals surface area contributed by atoms with Crippen LogP contribution in [0.15, 0.2) is 176 Å². The smallest absolute Gasteiger partial charge is 0.219 e. The highest BCUT2D eigenvalue weighted by Gasteiger charge is 2.25. The molecule has 6 aromatic carbocycles. The number of fused-ring (bicyclic) bond motifs is 3. The van der Waals surface area contributed by atoms with Gasteiger partial charge in [0.05, 0.1) is 16.4 Å². The number of hydrogen-bond acceptors (Lipinski definition) is 1. The summed E-state index contributed by atoms with van der Waals surface area (Å²) in [7, 11) is 0. The fourth-order valence-corrected chi connectivity index (χ4v) is 7.83. The van der Waals surface area contributed by atoms with Crippen LogP contribution in [-0.2, 0) is 0 Å². The highest BCUT2D eigenvalue weighted by Crippen LogP contribution is 2.44. The van der Waals surface area contributed by atoms with E-state index in [4.69, 9.17) is 0 Å². The second kappa shape index (κ2) is 13.1. The topological polar surface area (TPSA) is 11.2 Å². The molecular formula is C48H40N3+. The number of aromatic nitrogens is 1. The Bertz CT molecular complexity index is 2680. The van der Waals surface area contributed by atoms with Crippen LogP contribution in [0.3, 0.4) is 0 Å². The molecule has 8 rings (SSSR count). The van der Waals surface area contributed by atoms with Crippen LogP contribution in [0.25, 0.3) is 55.1 Å². The number of hydrogen-bond donors (Lipinski definition) is 0. The minimum atomic E-state index is 0.969. The van der Waals surface area contributed by atoms with Crippen LogP contribution < -0.4 is 9.48 Å². The van der Waals surface area contributed by atoms with Crippen LogP contribution in [-0.4, -0.2) is 10.8 Å². The monoisotopic (exact) mass is 658 g/mol. The molecule has 2 bridgehead atoms. The molecule has 1 aliphatic heterocycles. The molecule has 0 unspecified atom stereocenters. The number of benzene rings is 5. The lowest BCUT2D eigenvalue weighted by Gasteiger charge is -2.27. The number of aryl methyl sites for hydroxylation is 1.